The third-order valence-electron chi connectivity index (χ3n) is 5.80. The van der Waals surface area contributed by atoms with E-state index in [0.29, 0.717) is 5.54 Å². The highest BCUT2D eigenvalue weighted by Gasteiger charge is 2.47. The van der Waals surface area contributed by atoms with Crippen LogP contribution in [0.3, 0.4) is 0 Å². The molecule has 0 radical (unpaired) electrons. The zero-order chi connectivity index (χ0) is 12.6. The normalized spacial score (nSPS) is 32.5. The molecular formula is C16H30N2. The van der Waals surface area contributed by atoms with Gasteiger partial charge in [-0.05, 0) is 51.6 Å². The van der Waals surface area contributed by atoms with Crippen LogP contribution in [-0.2, 0) is 0 Å². The van der Waals surface area contributed by atoms with Crippen molar-refractivity contribution in [2.24, 2.45) is 5.92 Å². The fourth-order valence-electron chi connectivity index (χ4n) is 4.24. The lowest BCUT2D eigenvalue weighted by atomic mass is 9.79. The van der Waals surface area contributed by atoms with Crippen molar-refractivity contribution in [1.82, 2.24) is 9.80 Å². The fraction of sp³-hybridized carbons (Fsp3) is 1.00. The highest BCUT2D eigenvalue weighted by molar-refractivity contribution is 5.04. The summed E-state index contributed by atoms with van der Waals surface area (Å²) >= 11 is 0. The minimum atomic E-state index is 0.606. The molecule has 2 aliphatic carbocycles. The predicted molar refractivity (Wildman–Crippen MR) is 76.8 cm³/mol. The van der Waals surface area contributed by atoms with Crippen LogP contribution < -0.4 is 0 Å². The van der Waals surface area contributed by atoms with E-state index in [9.17, 15) is 0 Å². The van der Waals surface area contributed by atoms with Crippen molar-refractivity contribution in [3.63, 3.8) is 0 Å². The van der Waals surface area contributed by atoms with Crippen molar-refractivity contribution >= 4 is 0 Å². The summed E-state index contributed by atoms with van der Waals surface area (Å²) < 4.78 is 0. The second-order valence-corrected chi connectivity index (χ2v) is 7.06. The SMILES string of the molecule is CCN(C)C1CN(CC2CC2)C2(CCCCC2)C1. The van der Waals surface area contributed by atoms with Gasteiger partial charge in [-0.25, -0.2) is 0 Å². The van der Waals surface area contributed by atoms with Crippen LogP contribution in [0.5, 0.6) is 0 Å². The lowest BCUT2D eigenvalue weighted by Crippen LogP contribution is -2.46. The molecule has 0 N–H and O–H groups in total. The Morgan fingerprint density at radius 3 is 2.50 bits per heavy atom. The molecule has 2 nitrogen and oxygen atoms in total. The van der Waals surface area contributed by atoms with Crippen LogP contribution in [0.1, 0.15) is 58.3 Å². The largest absolute Gasteiger partial charge is 0.302 e. The number of hydrogen-bond donors (Lipinski definition) is 0. The lowest BCUT2D eigenvalue weighted by Gasteiger charge is -2.41. The average Bonchev–Trinajstić information content (AvgIpc) is 3.15. The van der Waals surface area contributed by atoms with Crippen LogP contribution in [0, 0.1) is 5.92 Å². The maximum absolute atomic E-state index is 2.92. The van der Waals surface area contributed by atoms with Gasteiger partial charge < -0.3 is 4.90 Å². The molecule has 1 saturated heterocycles. The van der Waals surface area contributed by atoms with Gasteiger partial charge in [0.2, 0.25) is 0 Å². The van der Waals surface area contributed by atoms with Gasteiger partial charge >= 0.3 is 0 Å². The van der Waals surface area contributed by atoms with Crippen molar-refractivity contribution in [3.05, 3.63) is 0 Å². The topological polar surface area (TPSA) is 6.48 Å². The quantitative estimate of drug-likeness (QED) is 0.756. The second-order valence-electron chi connectivity index (χ2n) is 7.06. The molecule has 104 valence electrons. The molecule has 3 fully saturated rings. The standard InChI is InChI=1S/C16H30N2/c1-3-17(2)15-11-16(9-5-4-6-10-16)18(13-15)12-14-7-8-14/h14-15H,3-13H2,1-2H3. The molecule has 1 spiro atoms. The average molecular weight is 250 g/mol. The number of hydrogen-bond acceptors (Lipinski definition) is 2. The molecule has 2 saturated carbocycles. The van der Waals surface area contributed by atoms with E-state index >= 15 is 0 Å². The van der Waals surface area contributed by atoms with Crippen LogP contribution in [0.15, 0.2) is 0 Å². The van der Waals surface area contributed by atoms with Gasteiger partial charge in [-0.1, -0.05) is 26.2 Å². The van der Waals surface area contributed by atoms with E-state index < -0.39 is 0 Å². The summed E-state index contributed by atoms with van der Waals surface area (Å²) in [5.41, 5.74) is 0.606. The Labute approximate surface area is 113 Å². The molecule has 0 amide bonds. The molecule has 3 rings (SSSR count). The number of likely N-dealkylation sites (tertiary alicyclic amines) is 1. The third kappa shape index (κ3) is 2.46. The summed E-state index contributed by atoms with van der Waals surface area (Å²) in [5.74, 6) is 1.05. The van der Waals surface area contributed by atoms with E-state index in [2.05, 4.69) is 23.8 Å². The molecule has 18 heavy (non-hydrogen) atoms. The first kappa shape index (κ1) is 12.9. The molecule has 0 aromatic rings. The van der Waals surface area contributed by atoms with Gasteiger partial charge in [0, 0.05) is 24.7 Å². The number of rotatable bonds is 4. The Balaban J connectivity index is 1.71. The molecule has 1 atom stereocenters. The van der Waals surface area contributed by atoms with Crippen molar-refractivity contribution in [2.75, 3.05) is 26.7 Å². The highest BCUT2D eigenvalue weighted by Crippen LogP contribution is 2.45. The van der Waals surface area contributed by atoms with E-state index in [1.165, 1.54) is 71.0 Å². The van der Waals surface area contributed by atoms with Crippen molar-refractivity contribution in [1.29, 1.82) is 0 Å². The zero-order valence-electron chi connectivity index (χ0n) is 12.3. The molecule has 0 aromatic carbocycles. The molecule has 3 aliphatic rings. The first-order valence-corrected chi connectivity index (χ1v) is 8.19. The van der Waals surface area contributed by atoms with E-state index in [-0.39, 0.29) is 0 Å². The van der Waals surface area contributed by atoms with Crippen LogP contribution in [0.25, 0.3) is 0 Å². The van der Waals surface area contributed by atoms with Crippen molar-refractivity contribution in [3.8, 4) is 0 Å². The number of likely N-dealkylation sites (N-methyl/N-ethyl adjacent to an activating group) is 1. The molecule has 1 heterocycles. The summed E-state index contributed by atoms with van der Waals surface area (Å²) in [5, 5.41) is 0. The molecule has 2 heteroatoms. The predicted octanol–water partition coefficient (Wildman–Crippen LogP) is 3.13. The summed E-state index contributed by atoms with van der Waals surface area (Å²) in [6, 6.07) is 0.826. The van der Waals surface area contributed by atoms with Gasteiger partial charge in [-0.3, -0.25) is 4.90 Å². The van der Waals surface area contributed by atoms with Crippen LogP contribution in [-0.4, -0.2) is 48.1 Å². The molecule has 1 aliphatic heterocycles. The first-order valence-electron chi connectivity index (χ1n) is 8.19. The van der Waals surface area contributed by atoms with Crippen molar-refractivity contribution < 1.29 is 0 Å². The van der Waals surface area contributed by atoms with Gasteiger partial charge in [-0.15, -0.1) is 0 Å². The maximum Gasteiger partial charge on any atom is 0.0237 e. The fourth-order valence-corrected chi connectivity index (χ4v) is 4.24. The highest BCUT2D eigenvalue weighted by atomic mass is 15.3. The third-order valence-corrected chi connectivity index (χ3v) is 5.80. The Morgan fingerprint density at radius 1 is 1.17 bits per heavy atom. The molecule has 0 aromatic heterocycles. The second kappa shape index (κ2) is 5.13. The Hall–Kier alpha value is -0.0800. The zero-order valence-corrected chi connectivity index (χ0v) is 12.3. The van der Waals surface area contributed by atoms with Gasteiger partial charge in [0.15, 0.2) is 0 Å². The van der Waals surface area contributed by atoms with E-state index in [0.717, 1.165) is 12.0 Å². The Kier molecular flexibility index (Phi) is 3.68. The van der Waals surface area contributed by atoms with Gasteiger partial charge in [0.05, 0.1) is 0 Å². The van der Waals surface area contributed by atoms with Gasteiger partial charge in [0.1, 0.15) is 0 Å². The van der Waals surface area contributed by atoms with E-state index in [1.54, 1.807) is 0 Å². The summed E-state index contributed by atoms with van der Waals surface area (Å²) in [6.07, 6.45) is 11.8. The smallest absolute Gasteiger partial charge is 0.0237 e. The van der Waals surface area contributed by atoms with E-state index in [4.69, 9.17) is 0 Å². The Bertz CT molecular complexity index is 279. The molecule has 1 unspecified atom stereocenters. The lowest BCUT2D eigenvalue weighted by molar-refractivity contribution is 0.0883. The van der Waals surface area contributed by atoms with Crippen LogP contribution >= 0.6 is 0 Å². The number of nitrogens with zero attached hydrogens (tertiary/aromatic N) is 2. The monoisotopic (exact) mass is 250 g/mol. The Morgan fingerprint density at radius 2 is 1.89 bits per heavy atom. The molecule has 0 bridgehead atoms. The van der Waals surface area contributed by atoms with Crippen LogP contribution in [0.2, 0.25) is 0 Å². The van der Waals surface area contributed by atoms with Crippen LogP contribution in [0.4, 0.5) is 0 Å². The minimum absolute atomic E-state index is 0.606. The van der Waals surface area contributed by atoms with Crippen molar-refractivity contribution in [2.45, 2.75) is 69.9 Å². The molecular weight excluding hydrogens is 220 g/mol. The summed E-state index contributed by atoms with van der Waals surface area (Å²) in [6.45, 7) is 6.27. The van der Waals surface area contributed by atoms with Gasteiger partial charge in [-0.2, -0.15) is 0 Å². The first-order chi connectivity index (χ1) is 8.73. The summed E-state index contributed by atoms with van der Waals surface area (Å²) in [4.78, 5) is 5.50. The summed E-state index contributed by atoms with van der Waals surface area (Å²) in [7, 11) is 2.32. The van der Waals surface area contributed by atoms with Gasteiger partial charge in [0.25, 0.3) is 0 Å². The van der Waals surface area contributed by atoms with E-state index in [1.807, 2.05) is 0 Å². The maximum atomic E-state index is 2.92. The minimum Gasteiger partial charge on any atom is -0.302 e.